The highest BCUT2D eigenvalue weighted by Crippen LogP contribution is 2.28. The van der Waals surface area contributed by atoms with Crippen molar-refractivity contribution in [2.75, 3.05) is 5.32 Å². The molecule has 0 unspecified atom stereocenters. The molecule has 1 N–H and O–H groups in total. The molecule has 2 aromatic rings. The number of anilines is 1. The number of halogens is 1. The first-order chi connectivity index (χ1) is 10.7. The molecule has 1 heterocycles. The fourth-order valence-electron chi connectivity index (χ4n) is 2.62. The molecule has 3 nitrogen and oxygen atoms in total. The summed E-state index contributed by atoms with van der Waals surface area (Å²) < 4.78 is 0. The Hall–Kier alpha value is -2.13. The van der Waals surface area contributed by atoms with Crippen LogP contribution in [0.25, 0.3) is 0 Å². The number of nitrogens with zero attached hydrogens (tertiary/aromatic N) is 1. The molecule has 0 radical (unpaired) electrons. The number of nitrogens with one attached hydrogen (secondary N) is 1. The van der Waals surface area contributed by atoms with Gasteiger partial charge in [-0.15, -0.1) is 0 Å². The number of benzene rings is 2. The van der Waals surface area contributed by atoms with Gasteiger partial charge in [0.1, 0.15) is 6.04 Å². The molecule has 22 heavy (non-hydrogen) atoms. The first-order valence-corrected chi connectivity index (χ1v) is 7.81. The van der Waals surface area contributed by atoms with E-state index in [9.17, 15) is 4.79 Å². The minimum atomic E-state index is -0.369. The molecule has 112 valence electrons. The molecule has 0 saturated carbocycles. The molecule has 4 heteroatoms. The molecule has 0 spiro atoms. The van der Waals surface area contributed by atoms with Crippen molar-refractivity contribution in [1.29, 1.82) is 0 Å². The van der Waals surface area contributed by atoms with Gasteiger partial charge in [-0.1, -0.05) is 55.3 Å². The van der Waals surface area contributed by atoms with Crippen molar-refractivity contribution >= 4 is 28.9 Å². The Balaban J connectivity index is 2.18. The summed E-state index contributed by atoms with van der Waals surface area (Å²) in [7, 11) is 0. The molecule has 0 aromatic heterocycles. The summed E-state index contributed by atoms with van der Waals surface area (Å²) in [6.07, 6.45) is 1.63. The van der Waals surface area contributed by atoms with E-state index in [1.54, 1.807) is 6.07 Å². The van der Waals surface area contributed by atoms with E-state index in [2.05, 4.69) is 12.2 Å². The highest BCUT2D eigenvalue weighted by molar-refractivity contribution is 6.32. The van der Waals surface area contributed by atoms with E-state index in [1.165, 1.54) is 0 Å². The second-order valence-electron chi connectivity index (χ2n) is 5.33. The maximum Gasteiger partial charge on any atom is 0.249 e. The largest absolute Gasteiger partial charge is 0.324 e. The SMILES string of the molecule is CCC[C@@H]1N=C(c2ccccc2)c2cc(Cl)ccc2NC1=O. The number of hydrogen-bond donors (Lipinski definition) is 1. The van der Waals surface area contributed by atoms with E-state index in [4.69, 9.17) is 16.6 Å². The number of fused-ring (bicyclic) bond motifs is 1. The van der Waals surface area contributed by atoms with Crippen molar-refractivity contribution < 1.29 is 4.79 Å². The standard InChI is InChI=1S/C18H17ClN2O/c1-2-6-16-18(22)21-15-10-9-13(19)11-14(15)17(20-16)12-7-4-3-5-8-12/h3-5,7-11,16H,2,6H2,1H3,(H,21,22)/t16-/m0/s1. The Labute approximate surface area is 135 Å². The van der Waals surface area contributed by atoms with Crippen molar-refractivity contribution in [3.05, 3.63) is 64.7 Å². The van der Waals surface area contributed by atoms with Crippen LogP contribution in [0.4, 0.5) is 5.69 Å². The molecule has 0 aliphatic carbocycles. The quantitative estimate of drug-likeness (QED) is 0.902. The topological polar surface area (TPSA) is 41.5 Å². The lowest BCUT2D eigenvalue weighted by molar-refractivity contribution is -0.117. The summed E-state index contributed by atoms with van der Waals surface area (Å²) in [6.45, 7) is 2.06. The van der Waals surface area contributed by atoms with Gasteiger partial charge in [0.2, 0.25) is 5.91 Å². The second-order valence-corrected chi connectivity index (χ2v) is 5.76. The molecule has 1 aliphatic rings. The third kappa shape index (κ3) is 2.90. The second kappa shape index (κ2) is 6.32. The first kappa shape index (κ1) is 14.8. The van der Waals surface area contributed by atoms with Crippen LogP contribution in [-0.2, 0) is 4.79 Å². The molecule has 0 fully saturated rings. The van der Waals surface area contributed by atoms with Gasteiger partial charge >= 0.3 is 0 Å². The monoisotopic (exact) mass is 312 g/mol. The Morgan fingerprint density at radius 2 is 1.95 bits per heavy atom. The lowest BCUT2D eigenvalue weighted by Gasteiger charge is -2.10. The van der Waals surface area contributed by atoms with Crippen LogP contribution in [0.15, 0.2) is 53.5 Å². The fraction of sp³-hybridized carbons (Fsp3) is 0.222. The average molecular weight is 313 g/mol. The summed E-state index contributed by atoms with van der Waals surface area (Å²) >= 11 is 6.15. The molecule has 1 amide bonds. The molecule has 0 saturated heterocycles. The number of hydrogen-bond acceptors (Lipinski definition) is 2. The van der Waals surface area contributed by atoms with Crippen LogP contribution in [0.2, 0.25) is 5.02 Å². The van der Waals surface area contributed by atoms with Crippen molar-refractivity contribution in [3.8, 4) is 0 Å². The minimum Gasteiger partial charge on any atom is -0.324 e. The Bertz CT molecular complexity index is 725. The third-order valence-electron chi connectivity index (χ3n) is 3.69. The number of amides is 1. The summed E-state index contributed by atoms with van der Waals surface area (Å²) in [5.41, 5.74) is 3.43. The predicted octanol–water partition coefficient (Wildman–Crippen LogP) is 4.30. The Kier molecular flexibility index (Phi) is 4.25. The summed E-state index contributed by atoms with van der Waals surface area (Å²) in [5.74, 6) is -0.0589. The molecule has 1 aliphatic heterocycles. The van der Waals surface area contributed by atoms with E-state index >= 15 is 0 Å². The van der Waals surface area contributed by atoms with Gasteiger partial charge in [-0.25, -0.2) is 0 Å². The molecule has 3 rings (SSSR count). The van der Waals surface area contributed by atoms with E-state index < -0.39 is 0 Å². The van der Waals surface area contributed by atoms with Crippen molar-refractivity contribution in [1.82, 2.24) is 0 Å². The van der Waals surface area contributed by atoms with Gasteiger partial charge in [-0.05, 0) is 24.6 Å². The highest BCUT2D eigenvalue weighted by atomic mass is 35.5. The number of carbonyl (C=O) groups is 1. The number of rotatable bonds is 3. The van der Waals surface area contributed by atoms with E-state index in [0.29, 0.717) is 5.02 Å². The van der Waals surface area contributed by atoms with Crippen LogP contribution in [0.3, 0.4) is 0 Å². The van der Waals surface area contributed by atoms with Crippen LogP contribution < -0.4 is 5.32 Å². The average Bonchev–Trinajstić information content (AvgIpc) is 2.66. The Morgan fingerprint density at radius 1 is 1.18 bits per heavy atom. The van der Waals surface area contributed by atoms with E-state index in [1.807, 2.05) is 42.5 Å². The Morgan fingerprint density at radius 3 is 2.68 bits per heavy atom. The molecule has 0 bridgehead atoms. The van der Waals surface area contributed by atoms with E-state index in [0.717, 1.165) is 35.4 Å². The van der Waals surface area contributed by atoms with Gasteiger partial charge in [0.15, 0.2) is 0 Å². The van der Waals surface area contributed by atoms with Crippen molar-refractivity contribution in [2.24, 2.45) is 4.99 Å². The van der Waals surface area contributed by atoms with Crippen LogP contribution in [0, 0.1) is 0 Å². The van der Waals surface area contributed by atoms with Gasteiger partial charge < -0.3 is 5.32 Å². The zero-order valence-corrected chi connectivity index (χ0v) is 13.1. The van der Waals surface area contributed by atoms with Gasteiger partial charge in [0, 0.05) is 16.1 Å². The molecular formula is C18H17ClN2O. The lowest BCUT2D eigenvalue weighted by Crippen LogP contribution is -2.25. The van der Waals surface area contributed by atoms with Crippen molar-refractivity contribution in [3.63, 3.8) is 0 Å². The van der Waals surface area contributed by atoms with Crippen LogP contribution >= 0.6 is 11.6 Å². The molecular weight excluding hydrogens is 296 g/mol. The number of benzodiazepines with no additional fused rings is 1. The number of aliphatic imine (C=N–C) groups is 1. The van der Waals surface area contributed by atoms with Crippen LogP contribution in [-0.4, -0.2) is 17.7 Å². The third-order valence-corrected chi connectivity index (χ3v) is 3.93. The summed E-state index contributed by atoms with van der Waals surface area (Å²) in [6, 6.07) is 15.0. The summed E-state index contributed by atoms with van der Waals surface area (Å²) in [5, 5.41) is 3.60. The van der Waals surface area contributed by atoms with Gasteiger partial charge in [-0.2, -0.15) is 0 Å². The first-order valence-electron chi connectivity index (χ1n) is 7.43. The summed E-state index contributed by atoms with van der Waals surface area (Å²) in [4.78, 5) is 17.1. The van der Waals surface area contributed by atoms with Gasteiger partial charge in [0.25, 0.3) is 0 Å². The zero-order valence-electron chi connectivity index (χ0n) is 12.3. The smallest absolute Gasteiger partial charge is 0.249 e. The van der Waals surface area contributed by atoms with Gasteiger partial charge in [-0.3, -0.25) is 9.79 Å². The zero-order chi connectivity index (χ0) is 15.5. The number of carbonyl (C=O) groups excluding carboxylic acids is 1. The normalized spacial score (nSPS) is 17.3. The minimum absolute atomic E-state index is 0.0589. The fourth-order valence-corrected chi connectivity index (χ4v) is 2.79. The lowest BCUT2D eigenvalue weighted by atomic mass is 10.0. The maximum atomic E-state index is 12.4. The van der Waals surface area contributed by atoms with Gasteiger partial charge in [0.05, 0.1) is 11.4 Å². The predicted molar refractivity (Wildman–Crippen MR) is 90.9 cm³/mol. The highest BCUT2D eigenvalue weighted by Gasteiger charge is 2.25. The van der Waals surface area contributed by atoms with Crippen molar-refractivity contribution in [2.45, 2.75) is 25.8 Å². The van der Waals surface area contributed by atoms with Crippen LogP contribution in [0.1, 0.15) is 30.9 Å². The molecule has 2 aromatic carbocycles. The van der Waals surface area contributed by atoms with E-state index in [-0.39, 0.29) is 11.9 Å². The molecule has 1 atom stereocenters. The maximum absolute atomic E-state index is 12.4. The van der Waals surface area contributed by atoms with Crippen LogP contribution in [0.5, 0.6) is 0 Å².